The van der Waals surface area contributed by atoms with Crippen LogP contribution in [-0.2, 0) is 4.79 Å². The Bertz CT molecular complexity index is 913. The molecule has 1 aliphatic rings. The van der Waals surface area contributed by atoms with E-state index in [-0.39, 0.29) is 11.1 Å². The molecule has 1 amide bonds. The van der Waals surface area contributed by atoms with E-state index in [9.17, 15) is 4.79 Å². The molecule has 0 atom stereocenters. The molecule has 0 fully saturated rings. The lowest BCUT2D eigenvalue weighted by Crippen LogP contribution is -2.10. The Hall–Kier alpha value is -2.45. The SMILES string of the molecule is CCOc1cc(C=C2SC(N)=NC2=O)ccc1OCCOc1ccc(Br)cc1. The monoisotopic (exact) mass is 462 g/mol. The number of benzene rings is 2. The second kappa shape index (κ2) is 9.66. The number of nitrogens with two attached hydrogens (primary N) is 1. The quantitative estimate of drug-likeness (QED) is 0.466. The minimum atomic E-state index is -0.328. The molecule has 2 N–H and O–H groups in total. The molecular formula is C20H19BrN2O4S. The summed E-state index contributed by atoms with van der Waals surface area (Å²) in [7, 11) is 0. The summed E-state index contributed by atoms with van der Waals surface area (Å²) < 4.78 is 18.1. The normalized spacial score (nSPS) is 14.9. The van der Waals surface area contributed by atoms with Gasteiger partial charge in [0.15, 0.2) is 16.7 Å². The average Bonchev–Trinajstić information content (AvgIpc) is 2.99. The highest BCUT2D eigenvalue weighted by Gasteiger charge is 2.19. The third-order valence-corrected chi connectivity index (χ3v) is 4.97. The molecule has 2 aromatic rings. The first-order chi connectivity index (χ1) is 13.5. The van der Waals surface area contributed by atoms with Gasteiger partial charge in [-0.3, -0.25) is 4.79 Å². The number of carbonyl (C=O) groups excluding carboxylic acids is 1. The first kappa shape index (κ1) is 20.3. The van der Waals surface area contributed by atoms with Gasteiger partial charge in [0, 0.05) is 4.47 Å². The molecule has 0 saturated carbocycles. The maximum Gasteiger partial charge on any atom is 0.286 e. The molecule has 2 aromatic carbocycles. The fourth-order valence-corrected chi connectivity index (χ4v) is 3.37. The lowest BCUT2D eigenvalue weighted by atomic mass is 10.2. The molecule has 146 valence electrons. The van der Waals surface area contributed by atoms with E-state index in [1.807, 2.05) is 49.4 Å². The highest BCUT2D eigenvalue weighted by Crippen LogP contribution is 2.32. The van der Waals surface area contributed by atoms with Gasteiger partial charge in [-0.25, -0.2) is 0 Å². The van der Waals surface area contributed by atoms with Crippen molar-refractivity contribution in [2.75, 3.05) is 19.8 Å². The third kappa shape index (κ3) is 5.53. The number of aliphatic imine (C=N–C) groups is 1. The number of ether oxygens (including phenoxy) is 3. The zero-order chi connectivity index (χ0) is 19.9. The highest BCUT2D eigenvalue weighted by atomic mass is 79.9. The van der Waals surface area contributed by atoms with Crippen molar-refractivity contribution in [2.45, 2.75) is 6.92 Å². The molecule has 0 spiro atoms. The number of halogens is 1. The molecule has 1 aliphatic heterocycles. The van der Waals surface area contributed by atoms with Gasteiger partial charge in [0.1, 0.15) is 19.0 Å². The van der Waals surface area contributed by atoms with E-state index in [4.69, 9.17) is 19.9 Å². The van der Waals surface area contributed by atoms with Crippen LogP contribution >= 0.6 is 27.7 Å². The molecule has 0 aromatic heterocycles. The van der Waals surface area contributed by atoms with Crippen molar-refractivity contribution < 1.29 is 19.0 Å². The third-order valence-electron chi connectivity index (χ3n) is 3.63. The Balaban J connectivity index is 1.61. The van der Waals surface area contributed by atoms with Crippen molar-refractivity contribution in [3.63, 3.8) is 0 Å². The fraction of sp³-hybridized carbons (Fsp3) is 0.200. The summed E-state index contributed by atoms with van der Waals surface area (Å²) in [6, 6.07) is 13.1. The summed E-state index contributed by atoms with van der Waals surface area (Å²) >= 11 is 4.54. The zero-order valence-electron chi connectivity index (χ0n) is 15.2. The van der Waals surface area contributed by atoms with E-state index >= 15 is 0 Å². The molecule has 0 radical (unpaired) electrons. The van der Waals surface area contributed by atoms with Crippen LogP contribution in [0.3, 0.4) is 0 Å². The van der Waals surface area contributed by atoms with Crippen molar-refractivity contribution in [3.8, 4) is 17.2 Å². The van der Waals surface area contributed by atoms with E-state index < -0.39 is 0 Å². The average molecular weight is 463 g/mol. The predicted molar refractivity (Wildman–Crippen MR) is 115 cm³/mol. The molecule has 0 unspecified atom stereocenters. The van der Waals surface area contributed by atoms with E-state index in [0.29, 0.717) is 36.2 Å². The molecule has 3 rings (SSSR count). The van der Waals surface area contributed by atoms with Gasteiger partial charge in [-0.15, -0.1) is 0 Å². The maximum atomic E-state index is 11.7. The zero-order valence-corrected chi connectivity index (χ0v) is 17.6. The first-order valence-electron chi connectivity index (χ1n) is 8.61. The summed E-state index contributed by atoms with van der Waals surface area (Å²) in [6.07, 6.45) is 1.74. The van der Waals surface area contributed by atoms with Crippen LogP contribution in [0.5, 0.6) is 17.2 Å². The number of rotatable bonds is 8. The van der Waals surface area contributed by atoms with Crippen molar-refractivity contribution in [3.05, 3.63) is 57.4 Å². The Morgan fingerprint density at radius 2 is 1.82 bits per heavy atom. The fourth-order valence-electron chi connectivity index (χ4n) is 2.42. The summed E-state index contributed by atoms with van der Waals surface area (Å²) in [4.78, 5) is 15.9. The number of nitrogens with zero attached hydrogens (tertiary/aromatic N) is 1. The Morgan fingerprint density at radius 3 is 2.50 bits per heavy atom. The van der Waals surface area contributed by atoms with E-state index in [0.717, 1.165) is 27.5 Å². The highest BCUT2D eigenvalue weighted by molar-refractivity contribution is 9.10. The summed E-state index contributed by atoms with van der Waals surface area (Å²) in [6.45, 7) is 3.17. The largest absolute Gasteiger partial charge is 0.490 e. The van der Waals surface area contributed by atoms with Gasteiger partial charge >= 0.3 is 0 Å². The van der Waals surface area contributed by atoms with Gasteiger partial charge in [0.05, 0.1) is 11.5 Å². The van der Waals surface area contributed by atoms with Crippen LogP contribution in [0.25, 0.3) is 6.08 Å². The first-order valence-corrected chi connectivity index (χ1v) is 10.2. The number of thioether (sulfide) groups is 1. The van der Waals surface area contributed by atoms with Crippen LogP contribution < -0.4 is 19.9 Å². The maximum absolute atomic E-state index is 11.7. The smallest absolute Gasteiger partial charge is 0.286 e. The molecule has 0 bridgehead atoms. The summed E-state index contributed by atoms with van der Waals surface area (Å²) in [5.74, 6) is 1.67. The second-order valence-electron chi connectivity index (χ2n) is 5.66. The number of hydrogen-bond acceptors (Lipinski definition) is 6. The molecule has 28 heavy (non-hydrogen) atoms. The van der Waals surface area contributed by atoms with Crippen molar-refractivity contribution in [1.29, 1.82) is 0 Å². The summed E-state index contributed by atoms with van der Waals surface area (Å²) in [5.41, 5.74) is 6.39. The van der Waals surface area contributed by atoms with Crippen LogP contribution in [-0.4, -0.2) is 30.9 Å². The van der Waals surface area contributed by atoms with Gasteiger partial charge < -0.3 is 19.9 Å². The van der Waals surface area contributed by atoms with Crippen LogP contribution in [0, 0.1) is 0 Å². The van der Waals surface area contributed by atoms with E-state index in [2.05, 4.69) is 20.9 Å². The van der Waals surface area contributed by atoms with Crippen molar-refractivity contribution >= 4 is 44.8 Å². The van der Waals surface area contributed by atoms with Gasteiger partial charge in [0.25, 0.3) is 5.91 Å². The predicted octanol–water partition coefficient (Wildman–Crippen LogP) is 4.23. The standard InChI is InChI=1S/C20H19BrN2O4S/c1-2-25-17-11-13(12-18-19(24)23-20(22)28-18)3-8-16(17)27-10-9-26-15-6-4-14(21)5-7-15/h3-8,11-12H,2,9-10H2,1H3,(H2,22,23,24). The Kier molecular flexibility index (Phi) is 7.00. The van der Waals surface area contributed by atoms with E-state index in [1.54, 1.807) is 6.08 Å². The topological polar surface area (TPSA) is 83.1 Å². The van der Waals surface area contributed by atoms with Gasteiger partial charge in [-0.2, -0.15) is 4.99 Å². The molecule has 0 aliphatic carbocycles. The van der Waals surface area contributed by atoms with E-state index in [1.165, 1.54) is 0 Å². The lowest BCUT2D eigenvalue weighted by Gasteiger charge is -2.13. The second-order valence-corrected chi connectivity index (χ2v) is 7.63. The minimum Gasteiger partial charge on any atom is -0.490 e. The molecule has 1 heterocycles. The minimum absolute atomic E-state index is 0.256. The van der Waals surface area contributed by atoms with Gasteiger partial charge in [-0.1, -0.05) is 22.0 Å². The molecule has 8 heteroatoms. The molecular weight excluding hydrogens is 444 g/mol. The van der Waals surface area contributed by atoms with Crippen LogP contribution in [0.15, 0.2) is 56.8 Å². The number of hydrogen-bond donors (Lipinski definition) is 1. The van der Waals surface area contributed by atoms with Crippen LogP contribution in [0.1, 0.15) is 12.5 Å². The van der Waals surface area contributed by atoms with Crippen LogP contribution in [0.2, 0.25) is 0 Å². The van der Waals surface area contributed by atoms with Gasteiger partial charge in [-0.05, 0) is 66.7 Å². The Morgan fingerprint density at radius 1 is 1.07 bits per heavy atom. The summed E-state index contributed by atoms with van der Waals surface area (Å²) in [5, 5.41) is 0.256. The molecule has 0 saturated heterocycles. The lowest BCUT2D eigenvalue weighted by molar-refractivity contribution is -0.113. The van der Waals surface area contributed by atoms with Crippen LogP contribution in [0.4, 0.5) is 0 Å². The Labute approximate surface area is 175 Å². The van der Waals surface area contributed by atoms with Gasteiger partial charge in [0.2, 0.25) is 0 Å². The number of amides is 1. The molecule has 6 nitrogen and oxygen atoms in total. The van der Waals surface area contributed by atoms with Crippen molar-refractivity contribution in [1.82, 2.24) is 0 Å². The van der Waals surface area contributed by atoms with Crippen molar-refractivity contribution in [2.24, 2.45) is 10.7 Å². The number of amidine groups is 1. The number of carbonyl (C=O) groups is 1.